The molecule has 2 aromatic rings. The van der Waals surface area contributed by atoms with Crippen LogP contribution in [0.15, 0.2) is 23.6 Å². The topological polar surface area (TPSA) is 39.2 Å². The van der Waals surface area contributed by atoms with Crippen molar-refractivity contribution in [3.63, 3.8) is 0 Å². The second-order valence-electron chi connectivity index (χ2n) is 3.38. The summed E-state index contributed by atoms with van der Waals surface area (Å²) in [6.07, 6.45) is 0. The Hall–Kier alpha value is -1.46. The molecule has 1 heterocycles. The molecular weight excluding hydrogens is 277 g/mol. The SMILES string of the molecule is CCOC(=O)c1csc(-c2ccc(F)cc2Cl)n1. The Bertz CT molecular complexity index is 585. The first-order valence-electron chi connectivity index (χ1n) is 5.20. The van der Waals surface area contributed by atoms with Crippen molar-refractivity contribution >= 4 is 28.9 Å². The fourth-order valence-corrected chi connectivity index (χ4v) is 2.50. The van der Waals surface area contributed by atoms with Crippen molar-refractivity contribution in [1.29, 1.82) is 0 Å². The van der Waals surface area contributed by atoms with E-state index in [0.717, 1.165) is 0 Å². The van der Waals surface area contributed by atoms with Crippen LogP contribution in [0.1, 0.15) is 17.4 Å². The van der Waals surface area contributed by atoms with Gasteiger partial charge in [-0.15, -0.1) is 11.3 Å². The summed E-state index contributed by atoms with van der Waals surface area (Å²) < 4.78 is 17.8. The fourth-order valence-electron chi connectivity index (χ4n) is 1.36. The summed E-state index contributed by atoms with van der Waals surface area (Å²) in [5.74, 6) is -0.885. The highest BCUT2D eigenvalue weighted by Crippen LogP contribution is 2.31. The summed E-state index contributed by atoms with van der Waals surface area (Å²) in [6.45, 7) is 2.02. The first-order valence-corrected chi connectivity index (χ1v) is 6.45. The van der Waals surface area contributed by atoms with Gasteiger partial charge in [-0.05, 0) is 25.1 Å². The van der Waals surface area contributed by atoms with Crippen LogP contribution in [0.2, 0.25) is 5.02 Å². The fraction of sp³-hybridized carbons (Fsp3) is 0.167. The molecule has 0 bridgehead atoms. The van der Waals surface area contributed by atoms with Gasteiger partial charge in [0.25, 0.3) is 0 Å². The lowest BCUT2D eigenvalue weighted by Gasteiger charge is -2.00. The average molecular weight is 286 g/mol. The molecule has 0 aliphatic rings. The van der Waals surface area contributed by atoms with Crippen molar-refractivity contribution < 1.29 is 13.9 Å². The molecule has 2 rings (SSSR count). The van der Waals surface area contributed by atoms with Gasteiger partial charge in [-0.3, -0.25) is 0 Å². The Kier molecular flexibility index (Phi) is 3.93. The minimum Gasteiger partial charge on any atom is -0.461 e. The van der Waals surface area contributed by atoms with Gasteiger partial charge in [0.1, 0.15) is 10.8 Å². The molecule has 3 nitrogen and oxygen atoms in total. The summed E-state index contributed by atoms with van der Waals surface area (Å²) in [6, 6.07) is 4.04. The van der Waals surface area contributed by atoms with E-state index in [-0.39, 0.29) is 10.7 Å². The zero-order chi connectivity index (χ0) is 13.1. The van der Waals surface area contributed by atoms with Gasteiger partial charge in [0.05, 0.1) is 11.6 Å². The maximum absolute atomic E-state index is 12.9. The number of thiazole rings is 1. The molecule has 0 spiro atoms. The number of hydrogen-bond acceptors (Lipinski definition) is 4. The Morgan fingerprint density at radius 1 is 1.56 bits per heavy atom. The van der Waals surface area contributed by atoms with Gasteiger partial charge in [-0.1, -0.05) is 11.6 Å². The van der Waals surface area contributed by atoms with E-state index in [0.29, 0.717) is 17.2 Å². The summed E-state index contributed by atoms with van der Waals surface area (Å²) >= 11 is 7.18. The minimum absolute atomic E-state index is 0.234. The summed E-state index contributed by atoms with van der Waals surface area (Å²) in [5, 5.41) is 2.41. The van der Waals surface area contributed by atoms with Gasteiger partial charge in [0, 0.05) is 10.9 Å². The monoisotopic (exact) mass is 285 g/mol. The van der Waals surface area contributed by atoms with Gasteiger partial charge >= 0.3 is 5.97 Å². The molecule has 1 aromatic carbocycles. The maximum atomic E-state index is 12.9. The molecule has 94 valence electrons. The molecule has 0 atom stereocenters. The standard InChI is InChI=1S/C12H9ClFNO2S/c1-2-17-12(16)10-6-18-11(15-10)8-4-3-7(14)5-9(8)13/h3-6H,2H2,1H3. The van der Waals surface area contributed by atoms with Crippen molar-refractivity contribution in [2.24, 2.45) is 0 Å². The Morgan fingerprint density at radius 2 is 2.33 bits per heavy atom. The molecule has 0 saturated heterocycles. The smallest absolute Gasteiger partial charge is 0.357 e. The number of benzene rings is 1. The minimum atomic E-state index is -0.474. The Labute approximate surface area is 112 Å². The van der Waals surface area contributed by atoms with E-state index in [4.69, 9.17) is 16.3 Å². The predicted octanol–water partition coefficient (Wildman–Crippen LogP) is 3.78. The second-order valence-corrected chi connectivity index (χ2v) is 4.65. The molecule has 6 heteroatoms. The number of carbonyl (C=O) groups is 1. The first kappa shape index (κ1) is 13.0. The molecule has 0 unspecified atom stereocenters. The molecule has 0 saturated carbocycles. The molecule has 0 radical (unpaired) electrons. The van der Waals surface area contributed by atoms with E-state index in [2.05, 4.69) is 4.98 Å². The summed E-state index contributed by atoms with van der Waals surface area (Å²) in [5.41, 5.74) is 0.829. The van der Waals surface area contributed by atoms with Crippen molar-refractivity contribution in [1.82, 2.24) is 4.98 Å². The lowest BCUT2D eigenvalue weighted by molar-refractivity contribution is 0.0520. The average Bonchev–Trinajstić information content (AvgIpc) is 2.78. The van der Waals surface area contributed by atoms with Crippen LogP contribution in [0.3, 0.4) is 0 Å². The number of esters is 1. The van der Waals surface area contributed by atoms with Gasteiger partial charge in [-0.2, -0.15) is 0 Å². The highest BCUT2D eigenvalue weighted by atomic mass is 35.5. The van der Waals surface area contributed by atoms with Crippen LogP contribution in [0.5, 0.6) is 0 Å². The van der Waals surface area contributed by atoms with Crippen molar-refractivity contribution in [3.8, 4) is 10.6 Å². The lowest BCUT2D eigenvalue weighted by atomic mass is 10.2. The van der Waals surface area contributed by atoms with E-state index in [1.54, 1.807) is 12.3 Å². The van der Waals surface area contributed by atoms with Crippen LogP contribution >= 0.6 is 22.9 Å². The quantitative estimate of drug-likeness (QED) is 0.806. The van der Waals surface area contributed by atoms with E-state index in [1.165, 1.54) is 29.5 Å². The van der Waals surface area contributed by atoms with E-state index >= 15 is 0 Å². The van der Waals surface area contributed by atoms with Gasteiger partial charge in [-0.25, -0.2) is 14.2 Å². The number of ether oxygens (including phenoxy) is 1. The van der Waals surface area contributed by atoms with Crippen LogP contribution in [0, 0.1) is 5.82 Å². The third-order valence-electron chi connectivity index (χ3n) is 2.15. The largest absolute Gasteiger partial charge is 0.461 e. The van der Waals surface area contributed by atoms with Gasteiger partial charge < -0.3 is 4.74 Å². The molecule has 0 amide bonds. The number of aromatic nitrogens is 1. The van der Waals surface area contributed by atoms with Gasteiger partial charge in [0.2, 0.25) is 0 Å². The molecule has 0 aliphatic heterocycles. The van der Waals surface area contributed by atoms with E-state index < -0.39 is 11.8 Å². The zero-order valence-corrected chi connectivity index (χ0v) is 11.0. The number of nitrogens with zero attached hydrogens (tertiary/aromatic N) is 1. The van der Waals surface area contributed by atoms with Crippen molar-refractivity contribution in [3.05, 3.63) is 40.1 Å². The van der Waals surface area contributed by atoms with E-state index in [1.807, 2.05) is 0 Å². The lowest BCUT2D eigenvalue weighted by Crippen LogP contribution is -2.04. The number of carbonyl (C=O) groups excluding carboxylic acids is 1. The highest BCUT2D eigenvalue weighted by molar-refractivity contribution is 7.13. The van der Waals surface area contributed by atoms with Crippen LogP contribution in [0.25, 0.3) is 10.6 Å². The molecule has 18 heavy (non-hydrogen) atoms. The van der Waals surface area contributed by atoms with E-state index in [9.17, 15) is 9.18 Å². The molecule has 0 fully saturated rings. The number of rotatable bonds is 3. The number of halogens is 2. The Morgan fingerprint density at radius 3 is 3.00 bits per heavy atom. The highest BCUT2D eigenvalue weighted by Gasteiger charge is 2.14. The van der Waals surface area contributed by atoms with Crippen LogP contribution in [-0.2, 0) is 4.74 Å². The zero-order valence-electron chi connectivity index (χ0n) is 9.44. The molecule has 1 aromatic heterocycles. The molecule has 0 N–H and O–H groups in total. The maximum Gasteiger partial charge on any atom is 0.357 e. The Balaban J connectivity index is 2.32. The summed E-state index contributed by atoms with van der Waals surface area (Å²) in [7, 11) is 0. The van der Waals surface area contributed by atoms with Crippen LogP contribution in [-0.4, -0.2) is 17.6 Å². The van der Waals surface area contributed by atoms with Crippen molar-refractivity contribution in [2.75, 3.05) is 6.61 Å². The molecule has 0 aliphatic carbocycles. The normalized spacial score (nSPS) is 10.4. The second kappa shape index (κ2) is 5.46. The van der Waals surface area contributed by atoms with Crippen LogP contribution < -0.4 is 0 Å². The number of hydrogen-bond donors (Lipinski definition) is 0. The van der Waals surface area contributed by atoms with Gasteiger partial charge in [0.15, 0.2) is 5.69 Å². The third-order valence-corrected chi connectivity index (χ3v) is 3.34. The first-order chi connectivity index (χ1) is 8.61. The predicted molar refractivity (Wildman–Crippen MR) is 68.5 cm³/mol. The van der Waals surface area contributed by atoms with Crippen LogP contribution in [0.4, 0.5) is 4.39 Å². The molecular formula is C12H9ClFNO2S. The van der Waals surface area contributed by atoms with Crippen molar-refractivity contribution in [2.45, 2.75) is 6.92 Å². The summed E-state index contributed by atoms with van der Waals surface area (Å²) in [4.78, 5) is 15.6. The third kappa shape index (κ3) is 2.68.